The molecular formula is C23H26O5. The Hall–Kier alpha value is -2.95. The monoisotopic (exact) mass is 382 g/mol. The average Bonchev–Trinajstić information content (AvgIpc) is 2.61. The zero-order valence-corrected chi connectivity index (χ0v) is 16.4. The van der Waals surface area contributed by atoms with Crippen LogP contribution in [0, 0.1) is 0 Å². The minimum Gasteiger partial charge on any atom is -0.515 e. The fourth-order valence-corrected chi connectivity index (χ4v) is 3.43. The van der Waals surface area contributed by atoms with Crippen LogP contribution in [0.5, 0.6) is 17.2 Å². The quantitative estimate of drug-likeness (QED) is 0.544. The summed E-state index contributed by atoms with van der Waals surface area (Å²) in [7, 11) is 0. The SMILES string of the molecule is CC(CCCc1ccccc1)Oc1cc(O)c2c(c1)OC(C)(C)C(=CO)C2=O. The van der Waals surface area contributed by atoms with Gasteiger partial charge in [-0.15, -0.1) is 0 Å². The van der Waals surface area contributed by atoms with Crippen LogP contribution in [0.1, 0.15) is 49.5 Å². The number of hydrogen-bond donors (Lipinski definition) is 2. The van der Waals surface area contributed by atoms with Crippen molar-refractivity contribution in [1.29, 1.82) is 0 Å². The predicted octanol–water partition coefficient (Wildman–Crippen LogP) is 4.98. The van der Waals surface area contributed by atoms with Crippen molar-refractivity contribution in [2.45, 2.75) is 51.7 Å². The number of carbonyl (C=O) groups excluding carboxylic acids is 1. The van der Waals surface area contributed by atoms with E-state index in [1.807, 2.05) is 25.1 Å². The fraction of sp³-hybridized carbons (Fsp3) is 0.348. The maximum atomic E-state index is 12.6. The molecule has 0 aliphatic carbocycles. The first kappa shape index (κ1) is 19.8. The van der Waals surface area contributed by atoms with Gasteiger partial charge >= 0.3 is 0 Å². The molecule has 1 unspecified atom stereocenters. The van der Waals surface area contributed by atoms with Gasteiger partial charge in [0, 0.05) is 12.1 Å². The molecule has 0 spiro atoms. The van der Waals surface area contributed by atoms with Gasteiger partial charge in [0.2, 0.25) is 5.78 Å². The summed E-state index contributed by atoms with van der Waals surface area (Å²) in [6, 6.07) is 13.3. The largest absolute Gasteiger partial charge is 0.515 e. The molecule has 0 saturated carbocycles. The molecule has 28 heavy (non-hydrogen) atoms. The number of aliphatic hydroxyl groups excluding tert-OH is 1. The number of aromatic hydroxyl groups is 1. The number of aliphatic hydroxyl groups is 1. The van der Waals surface area contributed by atoms with Crippen LogP contribution in [0.3, 0.4) is 0 Å². The summed E-state index contributed by atoms with van der Waals surface area (Å²) in [5.74, 6) is 0.0353. The molecule has 1 aliphatic rings. The van der Waals surface area contributed by atoms with Gasteiger partial charge in [0.05, 0.1) is 17.9 Å². The summed E-state index contributed by atoms with van der Waals surface area (Å²) >= 11 is 0. The Morgan fingerprint density at radius 1 is 1.21 bits per heavy atom. The summed E-state index contributed by atoms with van der Waals surface area (Å²) < 4.78 is 11.8. The number of phenolic OH excluding ortho intramolecular Hbond substituents is 1. The van der Waals surface area contributed by atoms with Crippen molar-refractivity contribution in [2.24, 2.45) is 0 Å². The second-order valence-corrected chi connectivity index (χ2v) is 7.61. The summed E-state index contributed by atoms with van der Waals surface area (Å²) in [6.45, 7) is 5.35. The predicted molar refractivity (Wildman–Crippen MR) is 107 cm³/mol. The van der Waals surface area contributed by atoms with Crippen molar-refractivity contribution in [2.75, 3.05) is 0 Å². The van der Waals surface area contributed by atoms with Crippen LogP contribution in [0.2, 0.25) is 0 Å². The molecule has 0 bridgehead atoms. The van der Waals surface area contributed by atoms with E-state index in [1.54, 1.807) is 19.9 Å². The van der Waals surface area contributed by atoms with Gasteiger partial charge in [-0.1, -0.05) is 30.3 Å². The molecular weight excluding hydrogens is 356 g/mol. The van der Waals surface area contributed by atoms with Crippen molar-refractivity contribution in [1.82, 2.24) is 0 Å². The first-order valence-electron chi connectivity index (χ1n) is 9.48. The molecule has 1 heterocycles. The maximum absolute atomic E-state index is 12.6. The number of carbonyl (C=O) groups is 1. The number of hydrogen-bond acceptors (Lipinski definition) is 5. The number of phenols is 1. The van der Waals surface area contributed by atoms with Gasteiger partial charge in [-0.25, -0.2) is 0 Å². The molecule has 148 valence electrons. The highest BCUT2D eigenvalue weighted by atomic mass is 16.5. The molecule has 1 aliphatic heterocycles. The zero-order valence-electron chi connectivity index (χ0n) is 16.4. The van der Waals surface area contributed by atoms with Crippen LogP contribution in [0.4, 0.5) is 0 Å². The smallest absolute Gasteiger partial charge is 0.203 e. The zero-order chi connectivity index (χ0) is 20.3. The second kappa shape index (κ2) is 7.97. The van der Waals surface area contributed by atoms with E-state index >= 15 is 0 Å². The maximum Gasteiger partial charge on any atom is 0.203 e. The highest BCUT2D eigenvalue weighted by Gasteiger charge is 2.40. The first-order chi connectivity index (χ1) is 13.3. The molecule has 5 nitrogen and oxygen atoms in total. The summed E-state index contributed by atoms with van der Waals surface area (Å²) in [5.41, 5.74) is 0.440. The van der Waals surface area contributed by atoms with Crippen molar-refractivity contribution < 1.29 is 24.5 Å². The molecule has 2 N–H and O–H groups in total. The normalized spacial score (nSPS) is 17.7. The first-order valence-corrected chi connectivity index (χ1v) is 9.48. The van der Waals surface area contributed by atoms with Crippen LogP contribution in [0.15, 0.2) is 54.3 Å². The lowest BCUT2D eigenvalue weighted by atomic mass is 9.87. The molecule has 0 fully saturated rings. The van der Waals surface area contributed by atoms with Gasteiger partial charge in [-0.2, -0.15) is 0 Å². The highest BCUT2D eigenvalue weighted by Crippen LogP contribution is 2.43. The van der Waals surface area contributed by atoms with Gasteiger partial charge in [0.25, 0.3) is 0 Å². The van der Waals surface area contributed by atoms with Gasteiger partial charge in [-0.05, 0) is 45.6 Å². The van der Waals surface area contributed by atoms with Gasteiger partial charge in [0.15, 0.2) is 0 Å². The Kier molecular flexibility index (Phi) is 5.63. The Labute approximate surface area is 165 Å². The van der Waals surface area contributed by atoms with Crippen LogP contribution in [0.25, 0.3) is 0 Å². The summed E-state index contributed by atoms with van der Waals surface area (Å²) in [4.78, 5) is 12.6. The number of rotatable bonds is 6. The third kappa shape index (κ3) is 4.14. The number of fused-ring (bicyclic) bond motifs is 1. The van der Waals surface area contributed by atoms with E-state index in [4.69, 9.17) is 9.47 Å². The van der Waals surface area contributed by atoms with Gasteiger partial charge in [-0.3, -0.25) is 4.79 Å². The van der Waals surface area contributed by atoms with Crippen molar-refractivity contribution in [3.63, 3.8) is 0 Å². The fourth-order valence-electron chi connectivity index (χ4n) is 3.43. The molecule has 0 aromatic heterocycles. The highest BCUT2D eigenvalue weighted by molar-refractivity contribution is 6.14. The van der Waals surface area contributed by atoms with Crippen LogP contribution < -0.4 is 9.47 Å². The lowest BCUT2D eigenvalue weighted by molar-refractivity contribution is 0.0836. The molecule has 5 heteroatoms. The van der Waals surface area contributed by atoms with Crippen molar-refractivity contribution >= 4 is 5.78 Å². The third-order valence-corrected chi connectivity index (χ3v) is 4.93. The van der Waals surface area contributed by atoms with Crippen LogP contribution >= 0.6 is 0 Å². The molecule has 2 aromatic carbocycles. The van der Waals surface area contributed by atoms with E-state index in [9.17, 15) is 15.0 Å². The van der Waals surface area contributed by atoms with E-state index < -0.39 is 11.4 Å². The third-order valence-electron chi connectivity index (χ3n) is 4.93. The van der Waals surface area contributed by atoms with E-state index in [0.29, 0.717) is 5.75 Å². The molecule has 0 amide bonds. The molecule has 1 atom stereocenters. The molecule has 3 rings (SSSR count). The molecule has 0 saturated heterocycles. The second-order valence-electron chi connectivity index (χ2n) is 7.61. The van der Waals surface area contributed by atoms with Gasteiger partial charge in [0.1, 0.15) is 28.4 Å². The van der Waals surface area contributed by atoms with Crippen molar-refractivity contribution in [3.05, 3.63) is 65.4 Å². The van der Waals surface area contributed by atoms with Crippen molar-refractivity contribution in [3.8, 4) is 17.2 Å². The average molecular weight is 382 g/mol. The lowest BCUT2D eigenvalue weighted by Crippen LogP contribution is -2.39. The van der Waals surface area contributed by atoms with Crippen LogP contribution in [-0.2, 0) is 6.42 Å². The Bertz CT molecular complexity index is 883. The standard InChI is InChI=1S/C23H26O5/c1-15(8-7-11-16-9-5-4-6-10-16)27-17-12-19(25)21-20(13-17)28-23(2,3)18(14-24)22(21)26/h4-6,9-10,12-15,24-25H,7-8,11H2,1-3H3. The van der Waals surface area contributed by atoms with Gasteiger partial charge < -0.3 is 19.7 Å². The summed E-state index contributed by atoms with van der Waals surface area (Å²) in [5, 5.41) is 19.7. The number of aryl methyl sites for hydroxylation is 1. The Balaban J connectivity index is 1.69. The Morgan fingerprint density at radius 3 is 2.61 bits per heavy atom. The van der Waals surface area contributed by atoms with E-state index in [2.05, 4.69) is 12.1 Å². The molecule has 2 aromatic rings. The Morgan fingerprint density at radius 2 is 1.93 bits per heavy atom. The number of ketones is 1. The van der Waals surface area contributed by atoms with E-state index in [1.165, 1.54) is 11.6 Å². The van der Waals surface area contributed by atoms with Crippen LogP contribution in [-0.4, -0.2) is 27.7 Å². The number of ether oxygens (including phenoxy) is 2. The number of benzene rings is 2. The number of Topliss-reactive ketones (excluding diaryl/α,β-unsaturated/α-hetero) is 1. The van der Waals surface area contributed by atoms with E-state index in [-0.39, 0.29) is 28.7 Å². The minimum atomic E-state index is -0.995. The van der Waals surface area contributed by atoms with E-state index in [0.717, 1.165) is 25.5 Å². The summed E-state index contributed by atoms with van der Waals surface area (Å²) in [6.07, 6.45) is 3.50. The topological polar surface area (TPSA) is 76.0 Å². The molecule has 0 radical (unpaired) electrons. The lowest BCUT2D eigenvalue weighted by Gasteiger charge is -2.33. The minimum absolute atomic E-state index is 0.0451.